The normalized spacial score (nSPS) is 14.3. The number of esters is 1. The first-order valence-electron chi connectivity index (χ1n) is 7.91. The third-order valence-corrected chi connectivity index (χ3v) is 5.47. The maximum absolute atomic E-state index is 12.7. The second-order valence-corrected chi connectivity index (χ2v) is 6.82. The van der Waals surface area contributed by atoms with Crippen molar-refractivity contribution in [3.8, 4) is 10.4 Å². The lowest BCUT2D eigenvalue weighted by Crippen LogP contribution is -2.10. The van der Waals surface area contributed by atoms with E-state index in [9.17, 15) is 18.0 Å². The number of benzene rings is 1. The van der Waals surface area contributed by atoms with Crippen LogP contribution in [0.4, 0.5) is 13.2 Å². The molecular weight excluding hydrogens is 337 g/mol. The summed E-state index contributed by atoms with van der Waals surface area (Å²) < 4.78 is 43.4. The highest BCUT2D eigenvalue weighted by Crippen LogP contribution is 2.41. The van der Waals surface area contributed by atoms with Crippen molar-refractivity contribution in [1.29, 1.82) is 0 Å². The monoisotopic (exact) mass is 354 g/mol. The molecule has 0 fully saturated rings. The highest BCUT2D eigenvalue weighted by molar-refractivity contribution is 7.16. The summed E-state index contributed by atoms with van der Waals surface area (Å²) >= 11 is 1.50. The van der Waals surface area contributed by atoms with Crippen molar-refractivity contribution >= 4 is 17.3 Å². The molecule has 1 aromatic heterocycles. The van der Waals surface area contributed by atoms with E-state index >= 15 is 0 Å². The number of fused-ring (bicyclic) bond motifs is 1. The van der Waals surface area contributed by atoms with E-state index in [0.29, 0.717) is 16.0 Å². The summed E-state index contributed by atoms with van der Waals surface area (Å²) in [5.41, 5.74) is 1.49. The fourth-order valence-electron chi connectivity index (χ4n) is 3.00. The highest BCUT2D eigenvalue weighted by Gasteiger charge is 2.31. The first kappa shape index (κ1) is 17.0. The van der Waals surface area contributed by atoms with Crippen molar-refractivity contribution in [3.63, 3.8) is 0 Å². The Hall–Kier alpha value is -1.82. The zero-order valence-electron chi connectivity index (χ0n) is 13.2. The number of alkyl halides is 3. The van der Waals surface area contributed by atoms with Crippen molar-refractivity contribution in [2.75, 3.05) is 6.61 Å². The Morgan fingerprint density at radius 3 is 2.46 bits per heavy atom. The van der Waals surface area contributed by atoms with Gasteiger partial charge in [-0.05, 0) is 55.9 Å². The predicted octanol–water partition coefficient (Wildman–Crippen LogP) is 5.49. The van der Waals surface area contributed by atoms with Gasteiger partial charge in [0.1, 0.15) is 0 Å². The number of ether oxygens (including phenoxy) is 1. The van der Waals surface area contributed by atoms with E-state index in [-0.39, 0.29) is 12.6 Å². The maximum Gasteiger partial charge on any atom is 0.416 e. The van der Waals surface area contributed by atoms with Crippen LogP contribution in [0.2, 0.25) is 0 Å². The molecule has 6 heteroatoms. The number of rotatable bonds is 3. The summed E-state index contributed by atoms with van der Waals surface area (Å²) in [5.74, 6) is -0.383. The van der Waals surface area contributed by atoms with Crippen LogP contribution in [0.15, 0.2) is 24.3 Å². The molecule has 3 rings (SSSR count). The minimum Gasteiger partial charge on any atom is -0.462 e. The Morgan fingerprint density at radius 1 is 1.17 bits per heavy atom. The van der Waals surface area contributed by atoms with Gasteiger partial charge in [-0.25, -0.2) is 4.79 Å². The molecule has 0 saturated heterocycles. The number of thiophene rings is 1. The van der Waals surface area contributed by atoms with E-state index in [1.807, 2.05) is 0 Å². The average molecular weight is 354 g/mol. The molecule has 1 heterocycles. The van der Waals surface area contributed by atoms with Gasteiger partial charge in [0.15, 0.2) is 0 Å². The Labute approximate surface area is 142 Å². The molecule has 0 radical (unpaired) electrons. The molecule has 2 aromatic rings. The lowest BCUT2D eigenvalue weighted by molar-refractivity contribution is -0.137. The quantitative estimate of drug-likeness (QED) is 0.681. The smallest absolute Gasteiger partial charge is 0.416 e. The van der Waals surface area contributed by atoms with Gasteiger partial charge in [0.2, 0.25) is 0 Å². The van der Waals surface area contributed by atoms with Crippen LogP contribution in [0.1, 0.15) is 46.1 Å². The summed E-state index contributed by atoms with van der Waals surface area (Å²) in [4.78, 5) is 14.3. The van der Waals surface area contributed by atoms with Gasteiger partial charge in [0.05, 0.1) is 17.7 Å². The number of carbonyl (C=O) groups is 1. The highest BCUT2D eigenvalue weighted by atomic mass is 32.1. The van der Waals surface area contributed by atoms with E-state index in [2.05, 4.69) is 0 Å². The molecule has 24 heavy (non-hydrogen) atoms. The van der Waals surface area contributed by atoms with Crippen molar-refractivity contribution in [2.24, 2.45) is 0 Å². The van der Waals surface area contributed by atoms with Crippen molar-refractivity contribution in [1.82, 2.24) is 0 Å². The topological polar surface area (TPSA) is 26.3 Å². The van der Waals surface area contributed by atoms with Gasteiger partial charge < -0.3 is 4.74 Å². The van der Waals surface area contributed by atoms with Gasteiger partial charge in [0.25, 0.3) is 0 Å². The van der Waals surface area contributed by atoms with E-state index < -0.39 is 11.7 Å². The molecule has 0 aliphatic heterocycles. The van der Waals surface area contributed by atoms with E-state index in [4.69, 9.17) is 4.74 Å². The zero-order chi connectivity index (χ0) is 17.3. The summed E-state index contributed by atoms with van der Waals surface area (Å²) in [7, 11) is 0. The second-order valence-electron chi connectivity index (χ2n) is 5.71. The van der Waals surface area contributed by atoms with Crippen molar-refractivity contribution in [3.05, 3.63) is 45.8 Å². The fourth-order valence-corrected chi connectivity index (χ4v) is 4.38. The Morgan fingerprint density at radius 2 is 1.83 bits per heavy atom. The molecule has 1 aliphatic carbocycles. The fraction of sp³-hybridized carbons (Fsp3) is 0.389. The average Bonchev–Trinajstić information content (AvgIpc) is 2.94. The standard InChI is InChI=1S/C18H17F3O2S/c1-2-23-17(22)15-13-5-3-4-6-14(13)24-16(15)11-7-9-12(10-8-11)18(19,20)21/h7-10H,2-6H2,1H3. The number of hydrogen-bond donors (Lipinski definition) is 0. The van der Waals surface area contributed by atoms with Gasteiger partial charge in [-0.1, -0.05) is 12.1 Å². The SMILES string of the molecule is CCOC(=O)c1c(-c2ccc(C(F)(F)F)cc2)sc2c1CCCC2. The maximum atomic E-state index is 12.7. The van der Waals surface area contributed by atoms with E-state index in [1.165, 1.54) is 23.5 Å². The molecule has 2 nitrogen and oxygen atoms in total. The Kier molecular flexibility index (Phi) is 4.67. The molecule has 0 saturated carbocycles. The van der Waals surface area contributed by atoms with E-state index in [0.717, 1.165) is 48.3 Å². The zero-order valence-corrected chi connectivity index (χ0v) is 14.0. The molecule has 0 unspecified atom stereocenters. The molecule has 0 spiro atoms. The molecule has 0 bridgehead atoms. The molecule has 128 valence electrons. The van der Waals surface area contributed by atoms with Gasteiger partial charge in [-0.2, -0.15) is 13.2 Å². The number of hydrogen-bond acceptors (Lipinski definition) is 3. The molecule has 1 aliphatic rings. The summed E-state index contributed by atoms with van der Waals surface area (Å²) in [6.07, 6.45) is -0.546. The van der Waals surface area contributed by atoms with Crippen LogP contribution in [0.3, 0.4) is 0 Å². The lowest BCUT2D eigenvalue weighted by atomic mass is 9.93. The van der Waals surface area contributed by atoms with Gasteiger partial charge in [0, 0.05) is 9.75 Å². The third-order valence-electron chi connectivity index (χ3n) is 4.13. The lowest BCUT2D eigenvalue weighted by Gasteiger charge is -2.12. The van der Waals surface area contributed by atoms with Crippen molar-refractivity contribution in [2.45, 2.75) is 38.8 Å². The summed E-state index contributed by atoms with van der Waals surface area (Å²) in [5, 5.41) is 0. The Bertz CT molecular complexity index is 745. The largest absolute Gasteiger partial charge is 0.462 e. The molecule has 1 aromatic carbocycles. The van der Waals surface area contributed by atoms with Gasteiger partial charge in [-0.3, -0.25) is 0 Å². The first-order valence-corrected chi connectivity index (χ1v) is 8.72. The first-order chi connectivity index (χ1) is 11.4. The van der Waals surface area contributed by atoms with Gasteiger partial charge >= 0.3 is 12.1 Å². The predicted molar refractivity (Wildman–Crippen MR) is 87.4 cm³/mol. The minimum atomic E-state index is -4.36. The van der Waals surface area contributed by atoms with Crippen LogP contribution in [0.5, 0.6) is 0 Å². The summed E-state index contributed by atoms with van der Waals surface area (Å²) in [6, 6.07) is 4.98. The van der Waals surface area contributed by atoms with Crippen LogP contribution < -0.4 is 0 Å². The van der Waals surface area contributed by atoms with Crippen LogP contribution in [0, 0.1) is 0 Å². The number of halogens is 3. The van der Waals surface area contributed by atoms with Crippen LogP contribution in [-0.4, -0.2) is 12.6 Å². The van der Waals surface area contributed by atoms with Crippen LogP contribution in [0.25, 0.3) is 10.4 Å². The second kappa shape index (κ2) is 6.59. The third kappa shape index (κ3) is 3.20. The minimum absolute atomic E-state index is 0.274. The molecule has 0 atom stereocenters. The number of carbonyl (C=O) groups excluding carboxylic acids is 1. The summed E-state index contributed by atoms with van der Waals surface area (Å²) in [6.45, 7) is 2.02. The number of aryl methyl sites for hydroxylation is 1. The van der Waals surface area contributed by atoms with Crippen LogP contribution >= 0.6 is 11.3 Å². The molecule has 0 N–H and O–H groups in total. The van der Waals surface area contributed by atoms with Crippen LogP contribution in [-0.2, 0) is 23.8 Å². The Balaban J connectivity index is 2.07. The molecular formula is C18H17F3O2S. The van der Waals surface area contributed by atoms with E-state index in [1.54, 1.807) is 6.92 Å². The molecule has 0 amide bonds. The van der Waals surface area contributed by atoms with Gasteiger partial charge in [-0.15, -0.1) is 11.3 Å². The van der Waals surface area contributed by atoms with Crippen molar-refractivity contribution < 1.29 is 22.7 Å².